The normalized spacial score (nSPS) is 36.7. The van der Waals surface area contributed by atoms with Crippen LogP contribution in [0.5, 0.6) is 0 Å². The molecule has 1 aliphatic heterocycles. The maximum Gasteiger partial charge on any atom is 0.00389 e. The molecule has 2 atom stereocenters. The summed E-state index contributed by atoms with van der Waals surface area (Å²) in [4.78, 5) is 0. The predicted octanol–water partition coefficient (Wildman–Crippen LogP) is 1.78. The van der Waals surface area contributed by atoms with Crippen LogP contribution >= 0.6 is 0 Å². The van der Waals surface area contributed by atoms with E-state index in [-0.39, 0.29) is 0 Å². The van der Waals surface area contributed by atoms with Crippen LogP contribution in [-0.2, 0) is 0 Å². The molecule has 1 aliphatic rings. The molecule has 1 N–H and O–H groups in total. The molecule has 1 heterocycles. The van der Waals surface area contributed by atoms with E-state index >= 15 is 0 Å². The molecule has 0 amide bonds. The van der Waals surface area contributed by atoms with Crippen LogP contribution in [0, 0.1) is 5.92 Å². The Bertz CT molecular complexity index is 72.6. The molecule has 9 heavy (non-hydrogen) atoms. The van der Waals surface area contributed by atoms with Gasteiger partial charge in [-0.1, -0.05) is 13.3 Å². The van der Waals surface area contributed by atoms with Crippen molar-refractivity contribution in [3.05, 3.63) is 0 Å². The van der Waals surface area contributed by atoms with Crippen LogP contribution in [0.4, 0.5) is 0 Å². The molecule has 0 aliphatic carbocycles. The lowest BCUT2D eigenvalue weighted by Crippen LogP contribution is -2.36. The minimum atomic E-state index is 0.771. The van der Waals surface area contributed by atoms with Gasteiger partial charge in [0.15, 0.2) is 0 Å². The zero-order valence-electron chi connectivity index (χ0n) is 6.48. The summed E-state index contributed by atoms with van der Waals surface area (Å²) in [6.45, 7) is 5.80. The van der Waals surface area contributed by atoms with Crippen molar-refractivity contribution in [3.8, 4) is 0 Å². The van der Waals surface area contributed by atoms with Crippen molar-refractivity contribution >= 4 is 0 Å². The molecule has 1 fully saturated rings. The number of piperidine rings is 1. The van der Waals surface area contributed by atoms with E-state index < -0.39 is 0 Å². The van der Waals surface area contributed by atoms with E-state index in [1.165, 1.54) is 25.8 Å². The van der Waals surface area contributed by atoms with Crippen LogP contribution < -0.4 is 5.32 Å². The summed E-state index contributed by atoms with van der Waals surface area (Å²) in [5.74, 6) is 0.959. The number of nitrogens with one attached hydrogen (secondary N) is 1. The van der Waals surface area contributed by atoms with Crippen molar-refractivity contribution in [1.82, 2.24) is 5.32 Å². The number of hydrogen-bond acceptors (Lipinski definition) is 1. The summed E-state index contributed by atoms with van der Waals surface area (Å²) < 4.78 is 0. The lowest BCUT2D eigenvalue weighted by molar-refractivity contribution is 0.317. The lowest BCUT2D eigenvalue weighted by Gasteiger charge is -2.26. The van der Waals surface area contributed by atoms with E-state index in [2.05, 4.69) is 19.2 Å². The van der Waals surface area contributed by atoms with Gasteiger partial charge in [0.2, 0.25) is 0 Å². The minimum Gasteiger partial charge on any atom is -0.314 e. The average Bonchev–Trinajstić information content (AvgIpc) is 1.90. The summed E-state index contributed by atoms with van der Waals surface area (Å²) >= 11 is 0. The highest BCUT2D eigenvalue weighted by atomic mass is 14.9. The third-order valence-corrected chi connectivity index (χ3v) is 2.34. The molecule has 0 unspecified atom stereocenters. The first-order valence-corrected chi connectivity index (χ1v) is 4.06. The summed E-state index contributed by atoms with van der Waals surface area (Å²) in [6.07, 6.45) is 4.16. The largest absolute Gasteiger partial charge is 0.314 e. The van der Waals surface area contributed by atoms with E-state index in [9.17, 15) is 0 Å². The zero-order chi connectivity index (χ0) is 6.69. The molecular formula is C8H17N. The molecule has 1 rings (SSSR count). The van der Waals surface area contributed by atoms with Crippen LogP contribution in [0.3, 0.4) is 0 Å². The number of hydrogen-bond donors (Lipinski definition) is 1. The first kappa shape index (κ1) is 7.07. The maximum atomic E-state index is 3.48. The average molecular weight is 127 g/mol. The van der Waals surface area contributed by atoms with Crippen LogP contribution in [0.1, 0.15) is 33.1 Å². The first-order valence-electron chi connectivity index (χ1n) is 4.06. The Labute approximate surface area is 57.8 Å². The summed E-state index contributed by atoms with van der Waals surface area (Å²) in [5.41, 5.74) is 0. The highest BCUT2D eigenvalue weighted by Gasteiger charge is 2.14. The minimum absolute atomic E-state index is 0.771. The van der Waals surface area contributed by atoms with Gasteiger partial charge in [0.1, 0.15) is 0 Å². The molecule has 0 aromatic carbocycles. The maximum absolute atomic E-state index is 3.48. The molecule has 0 radical (unpaired) electrons. The van der Waals surface area contributed by atoms with Crippen molar-refractivity contribution in [3.63, 3.8) is 0 Å². The molecule has 0 aromatic heterocycles. The third kappa shape index (κ3) is 1.98. The van der Waals surface area contributed by atoms with Crippen LogP contribution in [0.15, 0.2) is 0 Å². The van der Waals surface area contributed by atoms with Gasteiger partial charge in [0, 0.05) is 6.04 Å². The Hall–Kier alpha value is -0.0400. The Morgan fingerprint density at radius 1 is 1.44 bits per heavy atom. The van der Waals surface area contributed by atoms with Gasteiger partial charge in [-0.3, -0.25) is 0 Å². The molecule has 1 saturated heterocycles. The van der Waals surface area contributed by atoms with Crippen molar-refractivity contribution in [1.29, 1.82) is 0 Å². The SMILES string of the molecule is CC[C@H]1CC[C@@H](C)NC1. The quantitative estimate of drug-likeness (QED) is 0.566. The summed E-state index contributed by atoms with van der Waals surface area (Å²) in [6, 6.07) is 0.771. The second-order valence-corrected chi connectivity index (χ2v) is 3.16. The van der Waals surface area contributed by atoms with Gasteiger partial charge in [0.25, 0.3) is 0 Å². The van der Waals surface area contributed by atoms with E-state index in [1.54, 1.807) is 0 Å². The molecule has 0 saturated carbocycles. The highest BCUT2D eigenvalue weighted by molar-refractivity contribution is 4.73. The van der Waals surface area contributed by atoms with Gasteiger partial charge in [-0.15, -0.1) is 0 Å². The van der Waals surface area contributed by atoms with Crippen LogP contribution in [-0.4, -0.2) is 12.6 Å². The lowest BCUT2D eigenvalue weighted by atomic mass is 9.94. The van der Waals surface area contributed by atoms with Crippen molar-refractivity contribution < 1.29 is 0 Å². The molecule has 54 valence electrons. The highest BCUT2D eigenvalue weighted by Crippen LogP contribution is 2.16. The smallest absolute Gasteiger partial charge is 0.00389 e. The summed E-state index contributed by atoms with van der Waals surface area (Å²) in [7, 11) is 0. The number of rotatable bonds is 1. The molecule has 0 bridgehead atoms. The zero-order valence-corrected chi connectivity index (χ0v) is 6.48. The fraction of sp³-hybridized carbons (Fsp3) is 1.00. The molecule has 0 aromatic rings. The molecular weight excluding hydrogens is 110 g/mol. The monoisotopic (exact) mass is 127 g/mol. The molecule has 0 spiro atoms. The Morgan fingerprint density at radius 2 is 2.22 bits per heavy atom. The Morgan fingerprint density at radius 3 is 2.67 bits per heavy atom. The van der Waals surface area contributed by atoms with E-state index in [1.807, 2.05) is 0 Å². The first-order chi connectivity index (χ1) is 4.33. The second-order valence-electron chi connectivity index (χ2n) is 3.16. The van der Waals surface area contributed by atoms with Gasteiger partial charge >= 0.3 is 0 Å². The van der Waals surface area contributed by atoms with Crippen LogP contribution in [0.25, 0.3) is 0 Å². The fourth-order valence-corrected chi connectivity index (χ4v) is 1.41. The molecule has 1 heteroatoms. The van der Waals surface area contributed by atoms with Gasteiger partial charge in [-0.05, 0) is 32.2 Å². The van der Waals surface area contributed by atoms with Crippen molar-refractivity contribution in [2.45, 2.75) is 39.2 Å². The standard InChI is InChI=1S/C8H17N/c1-3-8-5-4-7(2)9-6-8/h7-9H,3-6H2,1-2H3/t7-,8+/m1/s1. The van der Waals surface area contributed by atoms with Crippen molar-refractivity contribution in [2.24, 2.45) is 5.92 Å². The van der Waals surface area contributed by atoms with E-state index in [0.717, 1.165) is 12.0 Å². The Balaban J connectivity index is 2.18. The Kier molecular flexibility index (Phi) is 2.52. The van der Waals surface area contributed by atoms with Crippen LogP contribution in [0.2, 0.25) is 0 Å². The second kappa shape index (κ2) is 3.21. The third-order valence-electron chi connectivity index (χ3n) is 2.34. The molecule has 1 nitrogen and oxygen atoms in total. The van der Waals surface area contributed by atoms with Crippen molar-refractivity contribution in [2.75, 3.05) is 6.54 Å². The topological polar surface area (TPSA) is 12.0 Å². The van der Waals surface area contributed by atoms with E-state index in [4.69, 9.17) is 0 Å². The van der Waals surface area contributed by atoms with Gasteiger partial charge < -0.3 is 5.32 Å². The van der Waals surface area contributed by atoms with Gasteiger partial charge in [-0.2, -0.15) is 0 Å². The fourth-order valence-electron chi connectivity index (χ4n) is 1.41. The van der Waals surface area contributed by atoms with E-state index in [0.29, 0.717) is 0 Å². The summed E-state index contributed by atoms with van der Waals surface area (Å²) in [5, 5.41) is 3.48. The van der Waals surface area contributed by atoms with Gasteiger partial charge in [0.05, 0.1) is 0 Å². The predicted molar refractivity (Wildman–Crippen MR) is 40.5 cm³/mol. The van der Waals surface area contributed by atoms with Gasteiger partial charge in [-0.25, -0.2) is 0 Å².